The summed E-state index contributed by atoms with van der Waals surface area (Å²) in [5.41, 5.74) is 0.766. The molecule has 1 aliphatic rings. The van der Waals surface area contributed by atoms with Crippen LogP contribution in [0.4, 0.5) is 5.69 Å². The van der Waals surface area contributed by atoms with Crippen molar-refractivity contribution < 1.29 is 14.7 Å². The molecule has 1 amide bonds. The van der Waals surface area contributed by atoms with Gasteiger partial charge in [0.1, 0.15) is 6.04 Å². The van der Waals surface area contributed by atoms with E-state index >= 15 is 0 Å². The molecule has 0 aromatic heterocycles. The van der Waals surface area contributed by atoms with Gasteiger partial charge in [-0.3, -0.25) is 14.5 Å². The van der Waals surface area contributed by atoms with Crippen LogP contribution >= 0.6 is 0 Å². The van der Waals surface area contributed by atoms with Crippen LogP contribution in [0.1, 0.15) is 19.8 Å². The zero-order valence-electron chi connectivity index (χ0n) is 11.6. The lowest BCUT2D eigenvalue weighted by Gasteiger charge is -2.22. The minimum Gasteiger partial charge on any atom is -0.480 e. The normalized spacial score (nSPS) is 22.6. The number of carboxylic acid groups (broad SMARTS) is 1. The molecule has 1 aromatic carbocycles. The molecule has 1 fully saturated rings. The molecule has 0 bridgehead atoms. The van der Waals surface area contributed by atoms with Crippen LogP contribution in [-0.4, -0.2) is 41.0 Å². The van der Waals surface area contributed by atoms with Gasteiger partial charge in [-0.15, -0.1) is 0 Å². The average molecular weight is 276 g/mol. The Morgan fingerprint density at radius 2 is 2.05 bits per heavy atom. The molecule has 0 saturated carbocycles. The number of amides is 1. The van der Waals surface area contributed by atoms with Crippen molar-refractivity contribution in [2.75, 3.05) is 18.4 Å². The molecule has 1 heterocycles. The van der Waals surface area contributed by atoms with Gasteiger partial charge in [0.25, 0.3) is 0 Å². The number of hydrogen-bond donors (Lipinski definition) is 2. The van der Waals surface area contributed by atoms with E-state index in [-0.39, 0.29) is 11.8 Å². The largest absolute Gasteiger partial charge is 0.480 e. The second-order valence-electron chi connectivity index (χ2n) is 5.25. The average Bonchev–Trinajstić information content (AvgIpc) is 2.79. The summed E-state index contributed by atoms with van der Waals surface area (Å²) >= 11 is 0. The van der Waals surface area contributed by atoms with E-state index in [0.717, 1.165) is 18.7 Å². The van der Waals surface area contributed by atoms with Crippen LogP contribution in [0.25, 0.3) is 0 Å². The molecule has 2 rings (SSSR count). The first kappa shape index (κ1) is 14.5. The van der Waals surface area contributed by atoms with E-state index in [1.807, 2.05) is 42.2 Å². The number of carbonyl (C=O) groups excluding carboxylic acids is 1. The SMILES string of the molecule is CC1CCN(CCC(=O)Nc2ccccc2)C1C(=O)O. The minimum absolute atomic E-state index is 0.0834. The molecule has 2 unspecified atom stereocenters. The van der Waals surface area contributed by atoms with Crippen molar-refractivity contribution in [2.24, 2.45) is 5.92 Å². The zero-order valence-corrected chi connectivity index (χ0v) is 11.6. The summed E-state index contributed by atoms with van der Waals surface area (Å²) in [6.07, 6.45) is 1.18. The molecule has 2 atom stereocenters. The number of carbonyl (C=O) groups is 2. The molecule has 5 heteroatoms. The second-order valence-corrected chi connectivity index (χ2v) is 5.25. The van der Waals surface area contributed by atoms with Crippen molar-refractivity contribution in [1.29, 1.82) is 0 Å². The molecule has 1 saturated heterocycles. The predicted octanol–water partition coefficient (Wildman–Crippen LogP) is 1.81. The summed E-state index contributed by atoms with van der Waals surface area (Å²) < 4.78 is 0. The molecule has 1 aromatic rings. The number of anilines is 1. The molecule has 1 aliphatic heterocycles. The topological polar surface area (TPSA) is 69.6 Å². The van der Waals surface area contributed by atoms with Crippen LogP contribution in [-0.2, 0) is 9.59 Å². The molecule has 2 N–H and O–H groups in total. The summed E-state index contributed by atoms with van der Waals surface area (Å²) in [5, 5.41) is 12.0. The number of likely N-dealkylation sites (tertiary alicyclic amines) is 1. The minimum atomic E-state index is -0.793. The van der Waals surface area contributed by atoms with Crippen LogP contribution in [0.3, 0.4) is 0 Å². The molecular formula is C15H20N2O3. The molecular weight excluding hydrogens is 256 g/mol. The number of para-hydroxylation sites is 1. The van der Waals surface area contributed by atoms with Gasteiger partial charge >= 0.3 is 5.97 Å². The summed E-state index contributed by atoms with van der Waals surface area (Å²) in [7, 11) is 0. The number of nitrogens with zero attached hydrogens (tertiary/aromatic N) is 1. The number of rotatable bonds is 5. The molecule has 5 nitrogen and oxygen atoms in total. The zero-order chi connectivity index (χ0) is 14.5. The number of carboxylic acids is 1. The Morgan fingerprint density at radius 1 is 1.35 bits per heavy atom. The van der Waals surface area contributed by atoms with Crippen LogP contribution in [0.2, 0.25) is 0 Å². The first-order chi connectivity index (χ1) is 9.58. The van der Waals surface area contributed by atoms with Crippen LogP contribution < -0.4 is 5.32 Å². The Bertz CT molecular complexity index is 475. The quantitative estimate of drug-likeness (QED) is 0.860. The molecule has 108 valence electrons. The fourth-order valence-electron chi connectivity index (χ4n) is 2.67. The summed E-state index contributed by atoms with van der Waals surface area (Å²) in [5.74, 6) is -0.733. The van der Waals surface area contributed by atoms with Gasteiger partial charge in [-0.25, -0.2) is 0 Å². The van der Waals surface area contributed by atoms with Gasteiger partial charge in [0.2, 0.25) is 5.91 Å². The maximum atomic E-state index is 11.8. The van der Waals surface area contributed by atoms with Crippen molar-refractivity contribution in [3.8, 4) is 0 Å². The highest BCUT2D eigenvalue weighted by molar-refractivity contribution is 5.90. The van der Waals surface area contributed by atoms with Crippen molar-refractivity contribution in [3.63, 3.8) is 0 Å². The van der Waals surface area contributed by atoms with Gasteiger partial charge in [-0.05, 0) is 31.0 Å². The van der Waals surface area contributed by atoms with Crippen molar-refractivity contribution in [3.05, 3.63) is 30.3 Å². The number of aliphatic carboxylic acids is 1. The molecule has 0 radical (unpaired) electrons. The highest BCUT2D eigenvalue weighted by Crippen LogP contribution is 2.24. The first-order valence-corrected chi connectivity index (χ1v) is 6.89. The third-order valence-electron chi connectivity index (χ3n) is 3.74. The molecule has 0 spiro atoms. The molecule has 0 aliphatic carbocycles. The van der Waals surface area contributed by atoms with E-state index in [1.165, 1.54) is 0 Å². The van der Waals surface area contributed by atoms with Gasteiger partial charge < -0.3 is 10.4 Å². The third kappa shape index (κ3) is 3.57. The van der Waals surface area contributed by atoms with Crippen LogP contribution in [0.5, 0.6) is 0 Å². The van der Waals surface area contributed by atoms with Gasteiger partial charge in [0.15, 0.2) is 0 Å². The lowest BCUT2D eigenvalue weighted by atomic mass is 10.0. The third-order valence-corrected chi connectivity index (χ3v) is 3.74. The van der Waals surface area contributed by atoms with Crippen molar-refractivity contribution in [1.82, 2.24) is 4.90 Å². The predicted molar refractivity (Wildman–Crippen MR) is 76.5 cm³/mol. The summed E-state index contributed by atoms with van der Waals surface area (Å²) in [6, 6.07) is 8.81. The summed E-state index contributed by atoms with van der Waals surface area (Å²) in [6.45, 7) is 3.18. The summed E-state index contributed by atoms with van der Waals surface area (Å²) in [4.78, 5) is 24.9. The Kier molecular flexibility index (Phi) is 4.74. The lowest BCUT2D eigenvalue weighted by Crippen LogP contribution is -2.40. The number of benzene rings is 1. The number of nitrogens with one attached hydrogen (secondary N) is 1. The van der Waals surface area contributed by atoms with Crippen molar-refractivity contribution >= 4 is 17.6 Å². The number of hydrogen-bond acceptors (Lipinski definition) is 3. The van der Waals surface area contributed by atoms with Gasteiger partial charge in [0, 0.05) is 18.7 Å². The Hall–Kier alpha value is -1.88. The van der Waals surface area contributed by atoms with Gasteiger partial charge in [0.05, 0.1) is 0 Å². The highest BCUT2D eigenvalue weighted by Gasteiger charge is 2.36. The van der Waals surface area contributed by atoms with Gasteiger partial charge in [-0.2, -0.15) is 0 Å². The van der Waals surface area contributed by atoms with E-state index in [1.54, 1.807) is 0 Å². The fraction of sp³-hybridized carbons (Fsp3) is 0.467. The van der Waals surface area contributed by atoms with E-state index < -0.39 is 12.0 Å². The molecule has 20 heavy (non-hydrogen) atoms. The first-order valence-electron chi connectivity index (χ1n) is 6.89. The van der Waals surface area contributed by atoms with Crippen LogP contribution in [0.15, 0.2) is 30.3 Å². The highest BCUT2D eigenvalue weighted by atomic mass is 16.4. The van der Waals surface area contributed by atoms with Crippen LogP contribution in [0, 0.1) is 5.92 Å². The maximum Gasteiger partial charge on any atom is 0.321 e. The van der Waals surface area contributed by atoms with E-state index in [9.17, 15) is 14.7 Å². The standard InChI is InChI=1S/C15H20N2O3/c1-11-7-9-17(14(11)15(19)20)10-8-13(18)16-12-5-3-2-4-6-12/h2-6,11,14H,7-10H2,1H3,(H,16,18)(H,19,20). The van der Waals surface area contributed by atoms with E-state index in [0.29, 0.717) is 13.0 Å². The lowest BCUT2D eigenvalue weighted by molar-refractivity contribution is -0.143. The monoisotopic (exact) mass is 276 g/mol. The van der Waals surface area contributed by atoms with E-state index in [2.05, 4.69) is 5.32 Å². The van der Waals surface area contributed by atoms with E-state index in [4.69, 9.17) is 0 Å². The Morgan fingerprint density at radius 3 is 2.70 bits per heavy atom. The fourth-order valence-corrected chi connectivity index (χ4v) is 2.67. The van der Waals surface area contributed by atoms with Gasteiger partial charge in [-0.1, -0.05) is 25.1 Å². The Labute approximate surface area is 118 Å². The Balaban J connectivity index is 1.83. The second kappa shape index (κ2) is 6.52. The smallest absolute Gasteiger partial charge is 0.321 e. The maximum absolute atomic E-state index is 11.8. The van der Waals surface area contributed by atoms with Crippen molar-refractivity contribution in [2.45, 2.75) is 25.8 Å².